The highest BCUT2D eigenvalue weighted by Gasteiger charge is 2.64. The molecular formula is C28H29F2N7. The maximum Gasteiger partial charge on any atom is 0.166 e. The summed E-state index contributed by atoms with van der Waals surface area (Å²) in [6.45, 7) is 5.98. The van der Waals surface area contributed by atoms with Crippen LogP contribution in [0.1, 0.15) is 25.3 Å². The summed E-state index contributed by atoms with van der Waals surface area (Å²) in [5.74, 6) is 0.282. The van der Waals surface area contributed by atoms with E-state index in [1.807, 2.05) is 24.5 Å². The molecule has 0 bridgehead atoms. The predicted molar refractivity (Wildman–Crippen MR) is 139 cm³/mol. The molecule has 1 aromatic carbocycles. The molecule has 0 radical (unpaired) electrons. The zero-order chi connectivity index (χ0) is 25.3. The van der Waals surface area contributed by atoms with Gasteiger partial charge in [-0.1, -0.05) is 0 Å². The molecular weight excluding hydrogens is 472 g/mol. The first-order valence-electron chi connectivity index (χ1n) is 12.9. The molecule has 2 saturated heterocycles. The summed E-state index contributed by atoms with van der Waals surface area (Å²) >= 11 is 0. The Hall–Kier alpha value is -3.59. The number of pyridine rings is 1. The topological polar surface area (TPSA) is 52.8 Å². The van der Waals surface area contributed by atoms with E-state index in [9.17, 15) is 8.78 Å². The molecule has 0 spiro atoms. The summed E-state index contributed by atoms with van der Waals surface area (Å²) in [5, 5.41) is 4.49. The van der Waals surface area contributed by atoms with Gasteiger partial charge in [0.15, 0.2) is 5.65 Å². The van der Waals surface area contributed by atoms with Gasteiger partial charge in [-0.15, -0.1) is 0 Å². The minimum absolute atomic E-state index is 0.303. The van der Waals surface area contributed by atoms with Crippen LogP contribution in [0.15, 0.2) is 55.0 Å². The first-order valence-corrected chi connectivity index (χ1v) is 12.9. The quantitative estimate of drug-likeness (QED) is 0.415. The van der Waals surface area contributed by atoms with Gasteiger partial charge in [0.25, 0.3) is 0 Å². The van der Waals surface area contributed by atoms with Crippen molar-refractivity contribution in [1.29, 1.82) is 0 Å². The van der Waals surface area contributed by atoms with Crippen LogP contribution in [0.25, 0.3) is 16.9 Å². The van der Waals surface area contributed by atoms with Gasteiger partial charge in [-0.05, 0) is 69.1 Å². The Labute approximate surface area is 214 Å². The first kappa shape index (κ1) is 22.6. The van der Waals surface area contributed by atoms with Crippen LogP contribution in [0.5, 0.6) is 0 Å². The monoisotopic (exact) mass is 501 g/mol. The van der Waals surface area contributed by atoms with E-state index < -0.39 is 11.4 Å². The normalized spacial score (nSPS) is 25.6. The molecule has 4 aromatic rings. The van der Waals surface area contributed by atoms with Gasteiger partial charge >= 0.3 is 0 Å². The average molecular weight is 502 g/mol. The van der Waals surface area contributed by atoms with E-state index in [0.29, 0.717) is 23.2 Å². The molecule has 9 heteroatoms. The molecule has 3 aromatic heterocycles. The maximum atomic E-state index is 14.8. The van der Waals surface area contributed by atoms with Crippen molar-refractivity contribution in [2.45, 2.75) is 31.3 Å². The van der Waals surface area contributed by atoms with Crippen LogP contribution in [-0.2, 0) is 5.54 Å². The first-order chi connectivity index (χ1) is 17.9. The molecule has 190 valence electrons. The third-order valence-electron chi connectivity index (χ3n) is 8.63. The van der Waals surface area contributed by atoms with E-state index in [-0.39, 0.29) is 5.82 Å². The van der Waals surface area contributed by atoms with E-state index >= 15 is 0 Å². The Bertz CT molecular complexity index is 1490. The largest absolute Gasteiger partial charge is 0.367 e. The van der Waals surface area contributed by atoms with Crippen LogP contribution in [-0.4, -0.2) is 63.8 Å². The summed E-state index contributed by atoms with van der Waals surface area (Å²) in [4.78, 5) is 16.6. The lowest BCUT2D eigenvalue weighted by atomic mass is 10.0. The van der Waals surface area contributed by atoms with Gasteiger partial charge < -0.3 is 14.7 Å². The number of hydrogen-bond donors (Lipinski definition) is 0. The van der Waals surface area contributed by atoms with Crippen molar-refractivity contribution in [3.8, 4) is 11.3 Å². The van der Waals surface area contributed by atoms with Gasteiger partial charge in [0.05, 0.1) is 34.9 Å². The number of likely N-dealkylation sites (N-methyl/N-ethyl adjacent to an activating group) is 1. The number of nitrogens with zero attached hydrogens (tertiary/aromatic N) is 7. The van der Waals surface area contributed by atoms with E-state index in [4.69, 9.17) is 9.97 Å². The predicted octanol–water partition coefficient (Wildman–Crippen LogP) is 4.34. The number of aromatic nitrogens is 4. The van der Waals surface area contributed by atoms with Crippen LogP contribution < -0.4 is 9.80 Å². The van der Waals surface area contributed by atoms with Crippen LogP contribution in [0, 0.1) is 17.6 Å². The second-order valence-corrected chi connectivity index (χ2v) is 10.7. The van der Waals surface area contributed by atoms with Crippen LogP contribution in [0.3, 0.4) is 0 Å². The Morgan fingerprint density at radius 2 is 1.92 bits per heavy atom. The number of halogens is 2. The average Bonchev–Trinajstić information content (AvgIpc) is 3.28. The summed E-state index contributed by atoms with van der Waals surface area (Å²) in [6.07, 6.45) is 7.34. The lowest BCUT2D eigenvalue weighted by Gasteiger charge is -2.38. The SMILES string of the molecule is C[C@H]1CN(c2ccc(-c3cnn4ccc(N5CC[C@H]6C[C@]65c5cc(F)ccc5F)nc34)nc2)CCN1C. The fraction of sp³-hybridized carbons (Fsp3) is 0.393. The lowest BCUT2D eigenvalue weighted by molar-refractivity contribution is 0.234. The number of hydrogen-bond acceptors (Lipinski definition) is 6. The Morgan fingerprint density at radius 1 is 1.03 bits per heavy atom. The third kappa shape index (κ3) is 3.51. The van der Waals surface area contributed by atoms with Gasteiger partial charge in [-0.25, -0.2) is 18.3 Å². The van der Waals surface area contributed by atoms with E-state index in [1.54, 1.807) is 10.7 Å². The van der Waals surface area contributed by atoms with E-state index in [0.717, 1.165) is 61.8 Å². The summed E-state index contributed by atoms with van der Waals surface area (Å²) in [5.41, 5.74) is 3.37. The van der Waals surface area contributed by atoms with Crippen molar-refractivity contribution in [1.82, 2.24) is 24.5 Å². The standard InChI is InChI=1S/C28H29F2N7/c1-18-17-35(12-11-34(18)2)21-4-6-25(31-15-21)22-16-32-37-10-8-26(33-27(22)37)36-9-7-19-14-28(19,36)23-13-20(29)3-5-24(23)30/h3-6,8,10,13,15-16,18-19H,7,9,11-12,14,17H2,1-2H3/t18-,19-,28+/m0/s1. The van der Waals surface area contributed by atoms with Gasteiger partial charge in [0.1, 0.15) is 17.5 Å². The third-order valence-corrected chi connectivity index (χ3v) is 8.63. The molecule has 3 atom stereocenters. The highest BCUT2D eigenvalue weighted by atomic mass is 19.1. The van der Waals surface area contributed by atoms with Gasteiger partial charge in [0, 0.05) is 44.0 Å². The van der Waals surface area contributed by atoms with Crippen molar-refractivity contribution in [2.24, 2.45) is 5.92 Å². The maximum absolute atomic E-state index is 14.8. The molecule has 3 fully saturated rings. The van der Waals surface area contributed by atoms with E-state index in [2.05, 4.69) is 39.8 Å². The van der Waals surface area contributed by atoms with Gasteiger partial charge in [-0.2, -0.15) is 5.10 Å². The fourth-order valence-corrected chi connectivity index (χ4v) is 6.30. The van der Waals surface area contributed by atoms with Crippen molar-refractivity contribution in [3.63, 3.8) is 0 Å². The van der Waals surface area contributed by atoms with Crippen molar-refractivity contribution in [2.75, 3.05) is 43.0 Å². The molecule has 0 N–H and O–H groups in total. The number of rotatable bonds is 4. The number of anilines is 2. The zero-order valence-electron chi connectivity index (χ0n) is 21.0. The molecule has 7 rings (SSSR count). The van der Waals surface area contributed by atoms with Crippen LogP contribution in [0.4, 0.5) is 20.3 Å². The lowest BCUT2D eigenvalue weighted by Crippen LogP contribution is -2.50. The molecule has 0 unspecified atom stereocenters. The van der Waals surface area contributed by atoms with Crippen LogP contribution >= 0.6 is 0 Å². The second kappa shape index (κ2) is 8.21. The van der Waals surface area contributed by atoms with Crippen molar-refractivity contribution in [3.05, 3.63) is 72.2 Å². The summed E-state index contributed by atoms with van der Waals surface area (Å²) in [7, 11) is 2.16. The van der Waals surface area contributed by atoms with Gasteiger partial charge in [-0.3, -0.25) is 4.98 Å². The van der Waals surface area contributed by atoms with Gasteiger partial charge in [0.2, 0.25) is 0 Å². The van der Waals surface area contributed by atoms with E-state index in [1.165, 1.54) is 18.2 Å². The number of piperazine rings is 1. The Balaban J connectivity index is 1.21. The molecule has 7 nitrogen and oxygen atoms in total. The van der Waals surface area contributed by atoms with Crippen molar-refractivity contribution >= 4 is 17.2 Å². The Kier molecular flexibility index (Phi) is 5.01. The molecule has 1 aliphatic carbocycles. The zero-order valence-corrected chi connectivity index (χ0v) is 21.0. The molecule has 5 heterocycles. The molecule has 1 saturated carbocycles. The minimum atomic E-state index is -0.530. The minimum Gasteiger partial charge on any atom is -0.367 e. The molecule has 37 heavy (non-hydrogen) atoms. The Morgan fingerprint density at radius 3 is 2.70 bits per heavy atom. The van der Waals surface area contributed by atoms with Crippen molar-refractivity contribution < 1.29 is 8.78 Å². The summed E-state index contributed by atoms with van der Waals surface area (Å²) in [6, 6.07) is 10.3. The smallest absolute Gasteiger partial charge is 0.166 e. The number of fused-ring (bicyclic) bond motifs is 2. The molecule has 3 aliphatic rings. The highest BCUT2D eigenvalue weighted by Crippen LogP contribution is 2.63. The molecule has 2 aliphatic heterocycles. The second-order valence-electron chi connectivity index (χ2n) is 10.7. The number of piperidine rings is 1. The number of benzene rings is 1. The van der Waals surface area contributed by atoms with Crippen LogP contribution in [0.2, 0.25) is 0 Å². The summed E-state index contributed by atoms with van der Waals surface area (Å²) < 4.78 is 30.7. The fourth-order valence-electron chi connectivity index (χ4n) is 6.30. The molecule has 0 amide bonds. The highest BCUT2D eigenvalue weighted by molar-refractivity contribution is 5.76.